The van der Waals surface area contributed by atoms with Gasteiger partial charge in [0.25, 0.3) is 5.56 Å². The minimum atomic E-state index is -0.145. The van der Waals surface area contributed by atoms with E-state index in [2.05, 4.69) is 41.3 Å². The summed E-state index contributed by atoms with van der Waals surface area (Å²) >= 11 is 4.76. The largest absolute Gasteiger partial charge is 0.308 e. The van der Waals surface area contributed by atoms with Gasteiger partial charge in [-0.2, -0.15) is 4.80 Å². The molecule has 4 rings (SSSR count). The standard InChI is InChI=1S/C14H9BrN6OS/c15-9-3-1-8(2-4-9)13-18-20-21(19-13)7-11-16-10-5-6-23-12(10)14(22)17-11/h1-6H,7H2,(H,16,17,22). The fourth-order valence-corrected chi connectivity index (χ4v) is 3.15. The van der Waals surface area contributed by atoms with Crippen LogP contribution in [-0.2, 0) is 6.54 Å². The average molecular weight is 389 g/mol. The van der Waals surface area contributed by atoms with E-state index in [0.717, 1.165) is 10.0 Å². The van der Waals surface area contributed by atoms with Crippen molar-refractivity contribution in [2.45, 2.75) is 6.54 Å². The summed E-state index contributed by atoms with van der Waals surface area (Å²) in [6, 6.07) is 9.46. The second-order valence-electron chi connectivity index (χ2n) is 4.80. The fourth-order valence-electron chi connectivity index (χ4n) is 2.16. The lowest BCUT2D eigenvalue weighted by Crippen LogP contribution is -2.14. The molecule has 0 aliphatic heterocycles. The second-order valence-corrected chi connectivity index (χ2v) is 6.63. The molecule has 0 fully saturated rings. The maximum Gasteiger partial charge on any atom is 0.268 e. The third-order valence-electron chi connectivity index (χ3n) is 3.21. The number of fused-ring (bicyclic) bond motifs is 1. The average Bonchev–Trinajstić information content (AvgIpc) is 3.17. The zero-order valence-electron chi connectivity index (χ0n) is 11.6. The van der Waals surface area contributed by atoms with Crippen LogP contribution in [0.15, 0.2) is 45.0 Å². The van der Waals surface area contributed by atoms with E-state index < -0.39 is 0 Å². The molecule has 0 radical (unpaired) electrons. The number of halogens is 1. The van der Waals surface area contributed by atoms with Crippen molar-refractivity contribution in [2.75, 3.05) is 0 Å². The van der Waals surface area contributed by atoms with E-state index >= 15 is 0 Å². The molecule has 0 amide bonds. The number of benzene rings is 1. The summed E-state index contributed by atoms with van der Waals surface area (Å²) in [7, 11) is 0. The van der Waals surface area contributed by atoms with Gasteiger partial charge in [0.2, 0.25) is 5.82 Å². The van der Waals surface area contributed by atoms with Gasteiger partial charge in [-0.3, -0.25) is 4.79 Å². The van der Waals surface area contributed by atoms with Crippen LogP contribution < -0.4 is 5.56 Å². The Bertz CT molecular complexity index is 1040. The van der Waals surface area contributed by atoms with Gasteiger partial charge in [0.15, 0.2) is 0 Å². The van der Waals surface area contributed by atoms with E-state index in [-0.39, 0.29) is 12.1 Å². The van der Waals surface area contributed by atoms with Gasteiger partial charge in [0, 0.05) is 10.0 Å². The zero-order chi connectivity index (χ0) is 15.8. The Kier molecular flexibility index (Phi) is 3.50. The predicted octanol–water partition coefficient (Wildman–Crippen LogP) is 2.45. The quantitative estimate of drug-likeness (QED) is 0.582. The Balaban J connectivity index is 1.63. The highest BCUT2D eigenvalue weighted by atomic mass is 79.9. The van der Waals surface area contributed by atoms with Crippen LogP contribution in [0.4, 0.5) is 0 Å². The molecule has 3 aromatic heterocycles. The molecule has 1 aromatic carbocycles. The first-order valence-corrected chi connectivity index (χ1v) is 8.36. The normalized spacial score (nSPS) is 11.2. The third kappa shape index (κ3) is 2.80. The van der Waals surface area contributed by atoms with Crippen LogP contribution in [0.25, 0.3) is 21.6 Å². The number of H-pyrrole nitrogens is 1. The topological polar surface area (TPSA) is 89.4 Å². The Morgan fingerprint density at radius 3 is 2.87 bits per heavy atom. The second kappa shape index (κ2) is 5.67. The summed E-state index contributed by atoms with van der Waals surface area (Å²) < 4.78 is 1.61. The van der Waals surface area contributed by atoms with Crippen molar-refractivity contribution in [1.82, 2.24) is 30.2 Å². The van der Waals surface area contributed by atoms with Gasteiger partial charge in [-0.05, 0) is 40.9 Å². The van der Waals surface area contributed by atoms with Crippen LogP contribution in [-0.4, -0.2) is 30.2 Å². The van der Waals surface area contributed by atoms with E-state index in [4.69, 9.17) is 0 Å². The van der Waals surface area contributed by atoms with Crippen molar-refractivity contribution in [3.8, 4) is 11.4 Å². The van der Waals surface area contributed by atoms with Gasteiger partial charge in [-0.15, -0.1) is 21.5 Å². The lowest BCUT2D eigenvalue weighted by atomic mass is 10.2. The summed E-state index contributed by atoms with van der Waals surface area (Å²) in [4.78, 5) is 20.5. The van der Waals surface area contributed by atoms with Gasteiger partial charge in [-0.25, -0.2) is 4.98 Å². The molecule has 23 heavy (non-hydrogen) atoms. The number of nitrogens with zero attached hydrogens (tertiary/aromatic N) is 5. The molecule has 0 unspecified atom stereocenters. The molecule has 7 nitrogen and oxygen atoms in total. The van der Waals surface area contributed by atoms with Crippen molar-refractivity contribution in [3.05, 3.63) is 56.4 Å². The molecule has 0 aliphatic rings. The zero-order valence-corrected chi connectivity index (χ0v) is 14.0. The number of thiophene rings is 1. The van der Waals surface area contributed by atoms with Gasteiger partial charge >= 0.3 is 0 Å². The van der Waals surface area contributed by atoms with Crippen molar-refractivity contribution >= 4 is 37.5 Å². The number of aromatic nitrogens is 6. The number of hydrogen-bond acceptors (Lipinski definition) is 6. The molecule has 3 heterocycles. The highest BCUT2D eigenvalue weighted by Gasteiger charge is 2.09. The Labute approximate surface area is 142 Å². The Morgan fingerprint density at radius 1 is 1.22 bits per heavy atom. The van der Waals surface area contributed by atoms with E-state index in [1.165, 1.54) is 16.1 Å². The summed E-state index contributed by atoms with van der Waals surface area (Å²) in [6.07, 6.45) is 0. The van der Waals surface area contributed by atoms with E-state index in [1.54, 1.807) is 0 Å². The molecule has 0 saturated carbocycles. The smallest absolute Gasteiger partial charge is 0.268 e. The number of hydrogen-bond donors (Lipinski definition) is 1. The number of aromatic amines is 1. The first-order chi connectivity index (χ1) is 11.2. The molecule has 0 bridgehead atoms. The predicted molar refractivity (Wildman–Crippen MR) is 90.3 cm³/mol. The fraction of sp³-hybridized carbons (Fsp3) is 0.0714. The Hall–Kier alpha value is -2.39. The molecule has 4 aromatic rings. The molecule has 0 aliphatic carbocycles. The molecule has 0 spiro atoms. The van der Waals surface area contributed by atoms with Gasteiger partial charge in [0.05, 0.1) is 5.52 Å². The van der Waals surface area contributed by atoms with Crippen LogP contribution in [0, 0.1) is 0 Å². The first kappa shape index (κ1) is 14.2. The minimum Gasteiger partial charge on any atom is -0.308 e. The summed E-state index contributed by atoms with van der Waals surface area (Å²) in [6.45, 7) is 0.255. The van der Waals surface area contributed by atoms with Crippen LogP contribution in [0.3, 0.4) is 0 Å². The summed E-state index contributed by atoms with van der Waals surface area (Å²) in [5, 5.41) is 14.2. The van der Waals surface area contributed by atoms with Gasteiger partial charge in [0.1, 0.15) is 17.1 Å². The molecule has 114 valence electrons. The summed E-state index contributed by atoms with van der Waals surface area (Å²) in [5.74, 6) is 1.03. The van der Waals surface area contributed by atoms with Crippen LogP contribution in [0.2, 0.25) is 0 Å². The molecule has 9 heteroatoms. The van der Waals surface area contributed by atoms with E-state index in [9.17, 15) is 4.79 Å². The monoisotopic (exact) mass is 388 g/mol. The molecular formula is C14H9BrN6OS. The van der Waals surface area contributed by atoms with E-state index in [1.807, 2.05) is 35.7 Å². The lowest BCUT2D eigenvalue weighted by Gasteiger charge is -1.99. The number of nitrogens with one attached hydrogen (secondary N) is 1. The number of tetrazole rings is 1. The maximum absolute atomic E-state index is 12.0. The summed E-state index contributed by atoms with van der Waals surface area (Å²) in [5.41, 5.74) is 1.41. The van der Waals surface area contributed by atoms with Gasteiger partial charge in [-0.1, -0.05) is 15.9 Å². The van der Waals surface area contributed by atoms with Crippen LogP contribution in [0.5, 0.6) is 0 Å². The number of rotatable bonds is 3. The highest BCUT2D eigenvalue weighted by Crippen LogP contribution is 2.17. The maximum atomic E-state index is 12.0. The Morgan fingerprint density at radius 2 is 2.04 bits per heavy atom. The highest BCUT2D eigenvalue weighted by molar-refractivity contribution is 9.10. The van der Waals surface area contributed by atoms with Crippen molar-refractivity contribution in [1.29, 1.82) is 0 Å². The minimum absolute atomic E-state index is 0.145. The van der Waals surface area contributed by atoms with Crippen molar-refractivity contribution < 1.29 is 0 Å². The molecular weight excluding hydrogens is 380 g/mol. The molecule has 1 N–H and O–H groups in total. The van der Waals surface area contributed by atoms with Crippen molar-refractivity contribution in [2.24, 2.45) is 0 Å². The lowest BCUT2D eigenvalue weighted by molar-refractivity contribution is 0.555. The van der Waals surface area contributed by atoms with Gasteiger partial charge < -0.3 is 4.98 Å². The molecule has 0 atom stereocenters. The van der Waals surface area contributed by atoms with Crippen molar-refractivity contribution in [3.63, 3.8) is 0 Å². The van der Waals surface area contributed by atoms with E-state index in [0.29, 0.717) is 21.9 Å². The first-order valence-electron chi connectivity index (χ1n) is 6.69. The third-order valence-corrected chi connectivity index (χ3v) is 4.64. The van der Waals surface area contributed by atoms with Crippen LogP contribution >= 0.6 is 27.3 Å². The van der Waals surface area contributed by atoms with Crippen LogP contribution in [0.1, 0.15) is 5.82 Å². The SMILES string of the molecule is O=c1[nH]c(Cn2nnc(-c3ccc(Br)cc3)n2)nc2ccsc12. The molecule has 0 saturated heterocycles.